The van der Waals surface area contributed by atoms with E-state index in [0.717, 1.165) is 36.1 Å². The first-order valence-corrected chi connectivity index (χ1v) is 13.1. The number of aromatic hydroxyl groups is 1. The highest BCUT2D eigenvalue weighted by Crippen LogP contribution is 2.38. The van der Waals surface area contributed by atoms with Crippen LogP contribution < -0.4 is 11.0 Å². The topological polar surface area (TPSA) is 115 Å². The fourth-order valence-corrected chi connectivity index (χ4v) is 6.23. The molecule has 3 aromatic heterocycles. The van der Waals surface area contributed by atoms with E-state index in [-0.39, 0.29) is 23.7 Å². The molecule has 0 radical (unpaired) electrons. The average molecular weight is 528 g/mol. The van der Waals surface area contributed by atoms with E-state index in [1.54, 1.807) is 18.3 Å². The number of hydrogen-bond acceptors (Lipinski definition) is 8. The van der Waals surface area contributed by atoms with E-state index < -0.39 is 23.1 Å². The monoisotopic (exact) mass is 527 g/mol. The van der Waals surface area contributed by atoms with Gasteiger partial charge < -0.3 is 18.8 Å². The van der Waals surface area contributed by atoms with Crippen LogP contribution in [0.2, 0.25) is 0 Å². The molecule has 0 amide bonds. The lowest BCUT2D eigenvalue weighted by Gasteiger charge is -2.42. The summed E-state index contributed by atoms with van der Waals surface area (Å²) < 4.78 is 13.1. The van der Waals surface area contributed by atoms with Crippen LogP contribution in [0.4, 0.5) is 0 Å². The number of benzene rings is 1. The number of aromatic nitrogens is 2. The predicted octanol–water partition coefficient (Wildman–Crippen LogP) is 3.37. The largest absolute Gasteiger partial charge is 0.502 e. The number of methoxy groups -OCH3 is 1. The molecule has 9 nitrogen and oxygen atoms in total. The molecule has 2 bridgehead atoms. The van der Waals surface area contributed by atoms with Gasteiger partial charge in [0.05, 0.1) is 31.5 Å². The number of likely N-dealkylation sites (tertiary alicyclic amines) is 1. The van der Waals surface area contributed by atoms with Crippen molar-refractivity contribution in [1.82, 2.24) is 14.5 Å². The van der Waals surface area contributed by atoms with Crippen LogP contribution in [-0.4, -0.2) is 45.7 Å². The highest BCUT2D eigenvalue weighted by atomic mass is 16.5. The Morgan fingerprint density at radius 1 is 1.13 bits per heavy atom. The molecule has 0 saturated carbocycles. The zero-order chi connectivity index (χ0) is 27.1. The number of esters is 1. The molecule has 9 heteroatoms. The van der Waals surface area contributed by atoms with E-state index in [9.17, 15) is 19.5 Å². The zero-order valence-corrected chi connectivity index (χ0v) is 21.6. The number of carbonyl (C=O) groups excluding carboxylic acids is 1. The van der Waals surface area contributed by atoms with Crippen LogP contribution in [0.3, 0.4) is 0 Å². The SMILES string of the molecule is COC(=O)C[C@@H](c1oc(CN2C[C@@H]3C[C@H](C2)c2cccc(=O)n2C3)cc(=O)c1O)c1ccnc2ccccc12. The van der Waals surface area contributed by atoms with Gasteiger partial charge in [-0.1, -0.05) is 24.3 Å². The van der Waals surface area contributed by atoms with E-state index >= 15 is 0 Å². The minimum Gasteiger partial charge on any atom is -0.502 e. The van der Waals surface area contributed by atoms with Gasteiger partial charge in [0, 0.05) is 55.0 Å². The molecular formula is C30H29N3O6. The molecule has 39 heavy (non-hydrogen) atoms. The highest BCUT2D eigenvalue weighted by Gasteiger charge is 2.35. The van der Waals surface area contributed by atoms with E-state index in [4.69, 9.17) is 9.15 Å². The third-order valence-corrected chi connectivity index (χ3v) is 7.91. The Morgan fingerprint density at radius 2 is 1.97 bits per heavy atom. The van der Waals surface area contributed by atoms with Crippen LogP contribution in [0.5, 0.6) is 5.75 Å². The van der Waals surface area contributed by atoms with Gasteiger partial charge in [0.2, 0.25) is 11.2 Å². The number of rotatable bonds is 6. The molecule has 1 fully saturated rings. The molecule has 0 spiro atoms. The van der Waals surface area contributed by atoms with Gasteiger partial charge in [0.1, 0.15) is 5.76 Å². The van der Waals surface area contributed by atoms with E-state index in [1.807, 2.05) is 41.0 Å². The normalized spacial score (nSPS) is 19.4. The van der Waals surface area contributed by atoms with Crippen LogP contribution >= 0.6 is 0 Å². The van der Waals surface area contributed by atoms with Gasteiger partial charge in [0.15, 0.2) is 5.76 Å². The molecule has 3 atom stereocenters. The molecule has 2 aliphatic rings. The van der Waals surface area contributed by atoms with Crippen molar-refractivity contribution >= 4 is 16.9 Å². The van der Waals surface area contributed by atoms with Gasteiger partial charge >= 0.3 is 5.97 Å². The minimum absolute atomic E-state index is 0.0325. The fourth-order valence-electron chi connectivity index (χ4n) is 6.23. The first-order chi connectivity index (χ1) is 18.9. The Balaban J connectivity index is 1.35. The molecule has 1 saturated heterocycles. The van der Waals surface area contributed by atoms with Gasteiger partial charge in [-0.15, -0.1) is 0 Å². The van der Waals surface area contributed by atoms with Crippen LogP contribution in [0, 0.1) is 5.92 Å². The van der Waals surface area contributed by atoms with E-state index in [1.165, 1.54) is 13.2 Å². The third kappa shape index (κ3) is 4.74. The maximum absolute atomic E-state index is 13.0. The molecule has 0 unspecified atom stereocenters. The first-order valence-electron chi connectivity index (χ1n) is 13.1. The van der Waals surface area contributed by atoms with Crippen molar-refractivity contribution in [1.29, 1.82) is 0 Å². The highest BCUT2D eigenvalue weighted by molar-refractivity contribution is 5.84. The van der Waals surface area contributed by atoms with Crippen LogP contribution in [0.1, 0.15) is 47.5 Å². The summed E-state index contributed by atoms with van der Waals surface area (Å²) in [6.45, 7) is 2.52. The average Bonchev–Trinajstić information content (AvgIpc) is 2.94. The molecule has 200 valence electrons. The second-order valence-corrected chi connectivity index (χ2v) is 10.4. The molecule has 0 aliphatic carbocycles. The second-order valence-electron chi connectivity index (χ2n) is 10.4. The number of hydrogen-bond donors (Lipinski definition) is 1. The summed E-state index contributed by atoms with van der Waals surface area (Å²) in [6.07, 6.45) is 2.53. The quantitative estimate of drug-likeness (QED) is 0.380. The maximum atomic E-state index is 13.0. The number of nitrogens with zero attached hydrogens (tertiary/aromatic N) is 3. The summed E-state index contributed by atoms with van der Waals surface area (Å²) in [7, 11) is 1.30. The van der Waals surface area contributed by atoms with E-state index in [2.05, 4.69) is 9.88 Å². The summed E-state index contributed by atoms with van der Waals surface area (Å²) in [4.78, 5) is 44.4. The molecule has 6 rings (SSSR count). The zero-order valence-electron chi connectivity index (χ0n) is 21.6. The van der Waals surface area contributed by atoms with Crippen molar-refractivity contribution < 1.29 is 19.1 Å². The molecule has 5 heterocycles. The lowest BCUT2D eigenvalue weighted by atomic mass is 9.83. The number of fused-ring (bicyclic) bond motifs is 5. The lowest BCUT2D eigenvalue weighted by Crippen LogP contribution is -2.46. The van der Waals surface area contributed by atoms with Crippen LogP contribution in [-0.2, 0) is 22.6 Å². The van der Waals surface area contributed by atoms with Crippen molar-refractivity contribution in [2.45, 2.75) is 37.8 Å². The van der Waals surface area contributed by atoms with Gasteiger partial charge in [-0.05, 0) is 36.1 Å². The van der Waals surface area contributed by atoms with Crippen molar-refractivity contribution in [3.05, 3.63) is 104 Å². The van der Waals surface area contributed by atoms with Crippen LogP contribution in [0.15, 0.2) is 74.8 Å². The smallest absolute Gasteiger partial charge is 0.306 e. The number of ether oxygens (including phenoxy) is 1. The second kappa shape index (κ2) is 10.1. The van der Waals surface area contributed by atoms with Crippen molar-refractivity contribution in [3.8, 4) is 5.75 Å². The summed E-state index contributed by atoms with van der Waals surface area (Å²) in [5.41, 5.74) is 1.94. The Bertz CT molecular complexity index is 1670. The van der Waals surface area contributed by atoms with Crippen molar-refractivity contribution in [2.75, 3.05) is 20.2 Å². The summed E-state index contributed by atoms with van der Waals surface area (Å²) in [5.74, 6) is -0.791. The summed E-state index contributed by atoms with van der Waals surface area (Å²) in [6, 6.07) is 16.0. The van der Waals surface area contributed by atoms with Gasteiger partial charge in [-0.3, -0.25) is 24.3 Å². The number of piperidine rings is 1. The minimum atomic E-state index is -0.752. The van der Waals surface area contributed by atoms with Gasteiger partial charge in [0.25, 0.3) is 5.56 Å². The van der Waals surface area contributed by atoms with Gasteiger partial charge in [-0.25, -0.2) is 0 Å². The molecule has 2 aliphatic heterocycles. The standard InChI is InChI=1S/C30H29N3O6/c1-38-28(36)13-23(21-9-10-31-24-6-3-2-5-22(21)24)30-29(37)26(34)12-20(39-30)17-32-14-18-11-19(16-32)25-7-4-8-27(35)33(25)15-18/h2-10,12,18-19,23,37H,11,13-17H2,1H3/t18-,19+,23+/m0/s1. The lowest BCUT2D eigenvalue weighted by molar-refractivity contribution is -0.140. The maximum Gasteiger partial charge on any atom is 0.306 e. The first kappa shape index (κ1) is 25.1. The Hall–Kier alpha value is -4.24. The van der Waals surface area contributed by atoms with Crippen LogP contribution in [0.25, 0.3) is 10.9 Å². The summed E-state index contributed by atoms with van der Waals surface area (Å²) in [5, 5.41) is 11.7. The van der Waals surface area contributed by atoms with E-state index in [0.29, 0.717) is 30.3 Å². The number of para-hydroxylation sites is 1. The van der Waals surface area contributed by atoms with Gasteiger partial charge in [-0.2, -0.15) is 0 Å². The molecular weight excluding hydrogens is 498 g/mol. The Kier molecular flexibility index (Phi) is 6.52. The fraction of sp³-hybridized carbons (Fsp3) is 0.333. The molecule has 4 aromatic rings. The molecule has 1 N–H and O–H groups in total. The van der Waals surface area contributed by atoms with Crippen molar-refractivity contribution in [3.63, 3.8) is 0 Å². The predicted molar refractivity (Wildman–Crippen MR) is 144 cm³/mol. The third-order valence-electron chi connectivity index (χ3n) is 7.91. The van der Waals surface area contributed by atoms with Crippen molar-refractivity contribution in [2.24, 2.45) is 5.92 Å². The number of carbonyl (C=O) groups is 1. The molecule has 1 aromatic carbocycles. The number of pyridine rings is 2. The summed E-state index contributed by atoms with van der Waals surface area (Å²) >= 11 is 0. The Labute approximate surface area is 224 Å². The Morgan fingerprint density at radius 3 is 2.82 bits per heavy atom.